The molecule has 0 saturated heterocycles. The van der Waals surface area contributed by atoms with Crippen LogP contribution in [-0.4, -0.2) is 16.4 Å². The molecule has 1 atom stereocenters. The molecule has 22 heavy (non-hydrogen) atoms. The van der Waals surface area contributed by atoms with Crippen LogP contribution in [0.15, 0.2) is 41.8 Å². The molecule has 5 heteroatoms. The zero-order valence-electron chi connectivity index (χ0n) is 12.6. The van der Waals surface area contributed by atoms with E-state index >= 15 is 0 Å². The van der Waals surface area contributed by atoms with Crippen LogP contribution in [0, 0.1) is 16.0 Å². The quantitative estimate of drug-likeness (QED) is 0.552. The van der Waals surface area contributed by atoms with E-state index in [0.29, 0.717) is 6.04 Å². The van der Waals surface area contributed by atoms with Gasteiger partial charge in [-0.2, -0.15) is 0 Å². The van der Waals surface area contributed by atoms with E-state index < -0.39 is 0 Å². The third kappa shape index (κ3) is 3.72. The largest absolute Gasteiger partial charge is 0.324 e. The van der Waals surface area contributed by atoms with Gasteiger partial charge in [0.25, 0.3) is 0 Å². The molecular weight excluding hydrogens is 296 g/mol. The smallest absolute Gasteiger partial charge is 0.292 e. The summed E-state index contributed by atoms with van der Waals surface area (Å²) in [6.07, 6.45) is 2.61. The Bertz CT molecular complexity index is 637. The summed E-state index contributed by atoms with van der Waals surface area (Å²) in [5, 5.41) is 13.0. The fourth-order valence-corrected chi connectivity index (χ4v) is 3.43. The molecule has 0 spiro atoms. The molecule has 1 aromatic heterocycles. The number of thiophene rings is 1. The molecule has 2 aromatic rings. The second kappa shape index (κ2) is 6.58. The molecule has 0 N–H and O–H groups in total. The second-order valence-corrected chi connectivity index (χ2v) is 6.90. The minimum absolute atomic E-state index is 0.230. The van der Waals surface area contributed by atoms with Gasteiger partial charge in [-0.15, -0.1) is 0 Å². The monoisotopic (exact) mass is 316 g/mol. The van der Waals surface area contributed by atoms with E-state index in [1.807, 2.05) is 11.4 Å². The van der Waals surface area contributed by atoms with Crippen LogP contribution < -0.4 is 0 Å². The van der Waals surface area contributed by atoms with Gasteiger partial charge in [0.2, 0.25) is 0 Å². The average molecular weight is 316 g/mol. The fraction of sp³-hybridized carbons (Fsp3) is 0.412. The average Bonchev–Trinajstić information content (AvgIpc) is 3.21. The molecule has 0 radical (unpaired) electrons. The molecular formula is C17H20N2O2S. The first-order valence-electron chi connectivity index (χ1n) is 7.64. The number of benzene rings is 1. The Kier molecular flexibility index (Phi) is 4.55. The summed E-state index contributed by atoms with van der Waals surface area (Å²) in [4.78, 5) is 13.0. The van der Waals surface area contributed by atoms with Crippen LogP contribution >= 0.6 is 11.3 Å². The first-order chi connectivity index (χ1) is 10.6. The van der Waals surface area contributed by atoms with E-state index in [9.17, 15) is 10.1 Å². The lowest BCUT2D eigenvalue weighted by Gasteiger charge is -2.29. The molecule has 1 unspecified atom stereocenters. The summed E-state index contributed by atoms with van der Waals surface area (Å²) in [5.41, 5.74) is 2.34. The van der Waals surface area contributed by atoms with Crippen LogP contribution in [0.3, 0.4) is 0 Å². The van der Waals surface area contributed by atoms with Crippen molar-refractivity contribution in [3.63, 3.8) is 0 Å². The number of nitro groups is 1. The van der Waals surface area contributed by atoms with Crippen molar-refractivity contribution in [2.45, 2.75) is 32.4 Å². The highest BCUT2D eigenvalue weighted by molar-refractivity contribution is 7.13. The summed E-state index contributed by atoms with van der Waals surface area (Å²) in [6, 6.07) is 12.5. The highest BCUT2D eigenvalue weighted by Gasteiger charge is 2.27. The lowest BCUT2D eigenvalue weighted by molar-refractivity contribution is -0.380. The van der Waals surface area contributed by atoms with Gasteiger partial charge in [0, 0.05) is 30.6 Å². The van der Waals surface area contributed by atoms with E-state index in [0.717, 1.165) is 24.6 Å². The van der Waals surface area contributed by atoms with Gasteiger partial charge < -0.3 is 0 Å². The Hall–Kier alpha value is -1.72. The minimum Gasteiger partial charge on any atom is -0.292 e. The highest BCUT2D eigenvalue weighted by atomic mass is 32.1. The first kappa shape index (κ1) is 15.2. The Morgan fingerprint density at radius 3 is 2.68 bits per heavy atom. The summed E-state index contributed by atoms with van der Waals surface area (Å²) in [5.74, 6) is 0.791. The predicted octanol–water partition coefficient (Wildman–Crippen LogP) is 4.63. The third-order valence-electron chi connectivity index (χ3n) is 4.22. The molecule has 1 fully saturated rings. The van der Waals surface area contributed by atoms with E-state index in [2.05, 4.69) is 36.1 Å². The van der Waals surface area contributed by atoms with Gasteiger partial charge >= 0.3 is 5.00 Å². The van der Waals surface area contributed by atoms with E-state index in [4.69, 9.17) is 0 Å². The van der Waals surface area contributed by atoms with Crippen LogP contribution in [0.2, 0.25) is 0 Å². The van der Waals surface area contributed by atoms with Gasteiger partial charge in [0.05, 0.1) is 4.92 Å². The molecule has 0 bridgehead atoms. The van der Waals surface area contributed by atoms with Gasteiger partial charge in [-0.1, -0.05) is 41.7 Å². The molecule has 4 nitrogen and oxygen atoms in total. The minimum atomic E-state index is -0.306. The van der Waals surface area contributed by atoms with Crippen LogP contribution in [0.5, 0.6) is 0 Å². The predicted molar refractivity (Wildman–Crippen MR) is 89.0 cm³/mol. The van der Waals surface area contributed by atoms with Crippen LogP contribution in [-0.2, 0) is 6.54 Å². The fourth-order valence-electron chi connectivity index (χ4n) is 2.71. The van der Waals surface area contributed by atoms with Crippen LogP contribution in [0.4, 0.5) is 5.00 Å². The van der Waals surface area contributed by atoms with Crippen LogP contribution in [0.1, 0.15) is 36.9 Å². The zero-order chi connectivity index (χ0) is 15.5. The van der Waals surface area contributed by atoms with E-state index in [1.165, 1.54) is 29.7 Å². The van der Waals surface area contributed by atoms with Crippen molar-refractivity contribution in [2.75, 3.05) is 6.54 Å². The first-order valence-corrected chi connectivity index (χ1v) is 8.52. The number of hydrogen-bond acceptors (Lipinski definition) is 4. The number of rotatable bonds is 7. The zero-order valence-corrected chi connectivity index (χ0v) is 13.5. The topological polar surface area (TPSA) is 46.4 Å². The Labute approximate surface area is 134 Å². The van der Waals surface area contributed by atoms with Crippen molar-refractivity contribution in [3.05, 3.63) is 63.0 Å². The van der Waals surface area contributed by atoms with Crippen molar-refractivity contribution in [3.8, 4) is 0 Å². The van der Waals surface area contributed by atoms with Gasteiger partial charge in [-0.05, 0) is 36.8 Å². The molecule has 1 saturated carbocycles. The second-order valence-electron chi connectivity index (χ2n) is 6.01. The molecule has 116 valence electrons. The maximum atomic E-state index is 10.8. The van der Waals surface area contributed by atoms with Crippen molar-refractivity contribution < 1.29 is 4.92 Å². The molecule has 3 rings (SSSR count). The molecule has 1 aromatic carbocycles. The Morgan fingerprint density at radius 1 is 1.36 bits per heavy atom. The lowest BCUT2D eigenvalue weighted by atomic mass is 10.1. The Morgan fingerprint density at radius 2 is 2.09 bits per heavy atom. The Balaban J connectivity index is 1.75. The van der Waals surface area contributed by atoms with Crippen LogP contribution in [0.25, 0.3) is 0 Å². The number of hydrogen-bond donors (Lipinski definition) is 0. The van der Waals surface area contributed by atoms with Crippen molar-refractivity contribution >= 4 is 16.3 Å². The van der Waals surface area contributed by atoms with Crippen molar-refractivity contribution in [1.29, 1.82) is 0 Å². The molecule has 0 aliphatic heterocycles. The maximum absolute atomic E-state index is 10.8. The molecule has 0 amide bonds. The SMILES string of the molecule is CC(c1ccccc1)N(Cc1csc([N+](=O)[O-])c1)CC1CC1. The standard InChI is InChI=1S/C17H20N2O2S/c1-13(16-5-3-2-4-6-16)18(10-14-7-8-14)11-15-9-17(19(20)21)22-12-15/h2-6,9,12-14H,7-8,10-11H2,1H3. The normalized spacial score (nSPS) is 15.9. The van der Waals surface area contributed by atoms with E-state index in [-0.39, 0.29) is 9.92 Å². The highest BCUT2D eigenvalue weighted by Crippen LogP contribution is 2.34. The maximum Gasteiger partial charge on any atom is 0.324 e. The van der Waals surface area contributed by atoms with Gasteiger partial charge in [-0.25, -0.2) is 0 Å². The lowest BCUT2D eigenvalue weighted by Crippen LogP contribution is -2.28. The summed E-state index contributed by atoms with van der Waals surface area (Å²) < 4.78 is 0. The van der Waals surface area contributed by atoms with Gasteiger partial charge in [-0.3, -0.25) is 15.0 Å². The van der Waals surface area contributed by atoms with Crippen molar-refractivity contribution in [2.24, 2.45) is 5.92 Å². The van der Waals surface area contributed by atoms with E-state index in [1.54, 1.807) is 6.07 Å². The van der Waals surface area contributed by atoms with Gasteiger partial charge in [0.15, 0.2) is 0 Å². The van der Waals surface area contributed by atoms with Gasteiger partial charge in [0.1, 0.15) is 0 Å². The summed E-state index contributed by atoms with van der Waals surface area (Å²) in [6.45, 7) is 4.06. The molecule has 1 aliphatic carbocycles. The molecule has 1 aliphatic rings. The summed E-state index contributed by atoms with van der Waals surface area (Å²) in [7, 11) is 0. The summed E-state index contributed by atoms with van der Waals surface area (Å²) >= 11 is 1.22. The molecule has 1 heterocycles. The van der Waals surface area contributed by atoms with Crippen molar-refractivity contribution in [1.82, 2.24) is 4.90 Å². The number of nitrogens with zero attached hydrogens (tertiary/aromatic N) is 2. The third-order valence-corrected chi connectivity index (χ3v) is 5.15.